The lowest BCUT2D eigenvalue weighted by Gasteiger charge is -2.28. The van der Waals surface area contributed by atoms with Crippen LogP contribution in [0, 0.1) is 11.8 Å². The highest BCUT2D eigenvalue weighted by atomic mass is 16.6. The first-order valence-electron chi connectivity index (χ1n) is 6.59. The van der Waals surface area contributed by atoms with E-state index in [4.69, 9.17) is 9.94 Å². The highest BCUT2D eigenvalue weighted by Crippen LogP contribution is 2.29. The van der Waals surface area contributed by atoms with Crippen molar-refractivity contribution < 1.29 is 9.94 Å². The molecule has 16 heavy (non-hydrogen) atoms. The van der Waals surface area contributed by atoms with Crippen LogP contribution >= 0.6 is 0 Å². The van der Waals surface area contributed by atoms with Crippen LogP contribution in [0.1, 0.15) is 52.4 Å². The molecule has 3 nitrogen and oxygen atoms in total. The second-order valence-corrected chi connectivity index (χ2v) is 4.73. The molecule has 1 saturated carbocycles. The summed E-state index contributed by atoms with van der Waals surface area (Å²) in [5, 5.41) is 12.9. The van der Waals surface area contributed by atoms with Crippen LogP contribution in [0.5, 0.6) is 0 Å². The minimum Gasteiger partial charge on any atom is -0.396 e. The van der Waals surface area contributed by atoms with Gasteiger partial charge in [0.2, 0.25) is 0 Å². The predicted octanol–water partition coefficient (Wildman–Crippen LogP) is 2.98. The standard InChI is InChI=1S/C13H25NO2/c1-3-11(2)12-7-4-5-8-13(12)14-16-10-6-9-15/h11-12,15H,3-10H2,1-2H3. The average Bonchev–Trinajstić information content (AvgIpc) is 2.34. The third kappa shape index (κ3) is 4.12. The molecule has 0 amide bonds. The Labute approximate surface area is 98.9 Å². The van der Waals surface area contributed by atoms with Crippen molar-refractivity contribution in [3.63, 3.8) is 0 Å². The van der Waals surface area contributed by atoms with E-state index in [2.05, 4.69) is 19.0 Å². The van der Waals surface area contributed by atoms with Crippen molar-refractivity contribution in [2.75, 3.05) is 13.2 Å². The maximum atomic E-state index is 8.65. The topological polar surface area (TPSA) is 41.8 Å². The van der Waals surface area contributed by atoms with Crippen LogP contribution in [-0.4, -0.2) is 24.0 Å². The van der Waals surface area contributed by atoms with E-state index >= 15 is 0 Å². The lowest BCUT2D eigenvalue weighted by molar-refractivity contribution is 0.120. The Hall–Kier alpha value is -0.570. The van der Waals surface area contributed by atoms with Gasteiger partial charge in [0.25, 0.3) is 0 Å². The van der Waals surface area contributed by atoms with E-state index in [1.165, 1.54) is 31.4 Å². The summed E-state index contributed by atoms with van der Waals surface area (Å²) in [4.78, 5) is 5.27. The van der Waals surface area contributed by atoms with Gasteiger partial charge in [0.05, 0.1) is 5.71 Å². The zero-order chi connectivity index (χ0) is 11.8. The summed E-state index contributed by atoms with van der Waals surface area (Å²) in [5.41, 5.74) is 1.25. The molecule has 1 rings (SSSR count). The lowest BCUT2D eigenvalue weighted by Crippen LogP contribution is -2.25. The molecule has 1 aliphatic rings. The number of aliphatic hydroxyl groups excluding tert-OH is 1. The fourth-order valence-corrected chi connectivity index (χ4v) is 2.29. The van der Waals surface area contributed by atoms with Crippen molar-refractivity contribution in [3.8, 4) is 0 Å². The van der Waals surface area contributed by atoms with Crippen molar-refractivity contribution in [1.29, 1.82) is 0 Å². The van der Waals surface area contributed by atoms with Crippen molar-refractivity contribution >= 4 is 5.71 Å². The number of rotatable bonds is 6. The summed E-state index contributed by atoms with van der Waals surface area (Å²) in [6.45, 7) is 5.26. The van der Waals surface area contributed by atoms with Gasteiger partial charge in [0, 0.05) is 18.9 Å². The Kier molecular flexibility index (Phi) is 6.46. The van der Waals surface area contributed by atoms with Gasteiger partial charge in [-0.1, -0.05) is 31.8 Å². The fourth-order valence-electron chi connectivity index (χ4n) is 2.29. The largest absolute Gasteiger partial charge is 0.396 e. The molecule has 0 aromatic heterocycles. The first-order chi connectivity index (χ1) is 7.79. The summed E-state index contributed by atoms with van der Waals surface area (Å²) in [6, 6.07) is 0. The third-order valence-electron chi connectivity index (χ3n) is 3.53. The first-order valence-corrected chi connectivity index (χ1v) is 6.59. The molecule has 0 aromatic rings. The Morgan fingerprint density at radius 2 is 2.31 bits per heavy atom. The molecular weight excluding hydrogens is 202 g/mol. The van der Waals surface area contributed by atoms with Gasteiger partial charge in [-0.25, -0.2) is 0 Å². The van der Waals surface area contributed by atoms with Gasteiger partial charge in [-0.05, 0) is 25.2 Å². The molecule has 2 unspecified atom stereocenters. The Balaban J connectivity index is 2.45. The number of aliphatic hydroxyl groups is 1. The minimum absolute atomic E-state index is 0.180. The number of nitrogens with zero attached hydrogens (tertiary/aromatic N) is 1. The Morgan fingerprint density at radius 3 is 3.00 bits per heavy atom. The predicted molar refractivity (Wildman–Crippen MR) is 66.5 cm³/mol. The van der Waals surface area contributed by atoms with Crippen LogP contribution in [-0.2, 0) is 4.84 Å². The molecule has 0 heterocycles. The van der Waals surface area contributed by atoms with E-state index in [1.54, 1.807) is 0 Å². The maximum Gasteiger partial charge on any atom is 0.119 e. The monoisotopic (exact) mass is 227 g/mol. The highest BCUT2D eigenvalue weighted by Gasteiger charge is 2.25. The summed E-state index contributed by atoms with van der Waals surface area (Å²) in [5.74, 6) is 1.33. The Bertz CT molecular complexity index is 216. The molecule has 1 N–H and O–H groups in total. The highest BCUT2D eigenvalue weighted by molar-refractivity contribution is 5.87. The molecule has 1 fully saturated rings. The quantitative estimate of drug-likeness (QED) is 0.560. The van der Waals surface area contributed by atoms with Gasteiger partial charge in [-0.2, -0.15) is 0 Å². The van der Waals surface area contributed by atoms with Gasteiger partial charge in [-0.3, -0.25) is 0 Å². The summed E-state index contributed by atoms with van der Waals surface area (Å²) in [6.07, 6.45) is 6.80. The second kappa shape index (κ2) is 7.66. The number of hydrogen-bond donors (Lipinski definition) is 1. The molecule has 94 valence electrons. The van der Waals surface area contributed by atoms with E-state index in [1.807, 2.05) is 0 Å². The normalized spacial score (nSPS) is 25.7. The smallest absolute Gasteiger partial charge is 0.119 e. The molecule has 0 saturated heterocycles. The molecule has 0 radical (unpaired) electrons. The Morgan fingerprint density at radius 1 is 1.50 bits per heavy atom. The van der Waals surface area contributed by atoms with Gasteiger partial charge in [-0.15, -0.1) is 0 Å². The van der Waals surface area contributed by atoms with E-state index in [-0.39, 0.29) is 6.61 Å². The molecular formula is C13H25NO2. The lowest BCUT2D eigenvalue weighted by atomic mass is 9.78. The maximum absolute atomic E-state index is 8.65. The molecule has 1 aliphatic carbocycles. The van der Waals surface area contributed by atoms with Crippen molar-refractivity contribution in [2.45, 2.75) is 52.4 Å². The average molecular weight is 227 g/mol. The van der Waals surface area contributed by atoms with Crippen LogP contribution in [0.25, 0.3) is 0 Å². The summed E-state index contributed by atoms with van der Waals surface area (Å²) >= 11 is 0. The second-order valence-electron chi connectivity index (χ2n) is 4.73. The van der Waals surface area contributed by atoms with Crippen LogP contribution in [0.15, 0.2) is 5.16 Å². The molecule has 0 spiro atoms. The molecule has 0 aliphatic heterocycles. The van der Waals surface area contributed by atoms with Crippen molar-refractivity contribution in [3.05, 3.63) is 0 Å². The van der Waals surface area contributed by atoms with Crippen molar-refractivity contribution in [2.24, 2.45) is 17.0 Å². The minimum atomic E-state index is 0.180. The summed E-state index contributed by atoms with van der Waals surface area (Å²) in [7, 11) is 0. The van der Waals surface area contributed by atoms with Crippen LogP contribution in [0.3, 0.4) is 0 Å². The van der Waals surface area contributed by atoms with Crippen molar-refractivity contribution in [1.82, 2.24) is 0 Å². The molecule has 2 atom stereocenters. The zero-order valence-electron chi connectivity index (χ0n) is 10.6. The zero-order valence-corrected chi connectivity index (χ0v) is 10.6. The fraction of sp³-hybridized carbons (Fsp3) is 0.923. The van der Waals surface area contributed by atoms with Gasteiger partial charge >= 0.3 is 0 Å². The summed E-state index contributed by atoms with van der Waals surface area (Å²) < 4.78 is 0. The number of oxime groups is 1. The van der Waals surface area contributed by atoms with Gasteiger partial charge in [0.15, 0.2) is 0 Å². The van der Waals surface area contributed by atoms with E-state index < -0.39 is 0 Å². The van der Waals surface area contributed by atoms with Crippen LogP contribution in [0.2, 0.25) is 0 Å². The van der Waals surface area contributed by atoms with E-state index in [0.29, 0.717) is 24.9 Å². The first kappa shape index (κ1) is 13.5. The van der Waals surface area contributed by atoms with Crippen LogP contribution in [0.4, 0.5) is 0 Å². The SMILES string of the molecule is CCC(C)C1CCCCC1=NOCCCO. The molecule has 0 aromatic carbocycles. The van der Waals surface area contributed by atoms with E-state index in [9.17, 15) is 0 Å². The van der Waals surface area contributed by atoms with E-state index in [0.717, 1.165) is 6.42 Å². The van der Waals surface area contributed by atoms with Gasteiger partial charge < -0.3 is 9.94 Å². The molecule has 3 heteroatoms. The molecule has 0 bridgehead atoms. The van der Waals surface area contributed by atoms with Gasteiger partial charge in [0.1, 0.15) is 6.61 Å². The van der Waals surface area contributed by atoms with Crippen LogP contribution < -0.4 is 0 Å². The third-order valence-corrected chi connectivity index (χ3v) is 3.53. The number of hydrogen-bond acceptors (Lipinski definition) is 3.